The SMILES string of the molecule is CNc1cnccc1C1CCCC(N)C1.Nc1cc(F)c(-c2c(F)cccc2F)nc1C=O. The van der Waals surface area contributed by atoms with E-state index >= 15 is 0 Å². The number of carbonyl (C=O) groups is 1. The van der Waals surface area contributed by atoms with Gasteiger partial charge >= 0.3 is 0 Å². The summed E-state index contributed by atoms with van der Waals surface area (Å²) in [6.07, 6.45) is 8.85. The first-order valence-electron chi connectivity index (χ1n) is 10.6. The lowest BCUT2D eigenvalue weighted by atomic mass is 9.81. The quantitative estimate of drug-likeness (QED) is 0.492. The highest BCUT2D eigenvalue weighted by atomic mass is 19.1. The van der Waals surface area contributed by atoms with Gasteiger partial charge in [-0.25, -0.2) is 18.2 Å². The third-order valence-electron chi connectivity index (χ3n) is 5.63. The molecule has 2 aromatic heterocycles. The van der Waals surface area contributed by atoms with Gasteiger partial charge in [-0.1, -0.05) is 12.5 Å². The van der Waals surface area contributed by atoms with Crippen LogP contribution in [0.2, 0.25) is 0 Å². The van der Waals surface area contributed by atoms with Crippen molar-refractivity contribution in [3.05, 3.63) is 71.4 Å². The third-order valence-corrected chi connectivity index (χ3v) is 5.63. The van der Waals surface area contributed by atoms with Gasteiger partial charge in [0.05, 0.1) is 23.1 Å². The Hall–Kier alpha value is -3.46. The predicted octanol–water partition coefficient (Wildman–Crippen LogP) is 4.67. The second-order valence-electron chi connectivity index (χ2n) is 7.84. The average Bonchev–Trinajstić information content (AvgIpc) is 2.80. The van der Waals surface area contributed by atoms with Gasteiger partial charge in [0.25, 0.3) is 0 Å². The number of benzene rings is 1. The molecule has 0 spiro atoms. The van der Waals surface area contributed by atoms with Crippen molar-refractivity contribution in [3.63, 3.8) is 0 Å². The largest absolute Gasteiger partial charge is 0.397 e. The highest BCUT2D eigenvalue weighted by Crippen LogP contribution is 2.35. The molecule has 2 atom stereocenters. The van der Waals surface area contributed by atoms with Crippen molar-refractivity contribution in [2.45, 2.75) is 37.6 Å². The number of nitrogens with two attached hydrogens (primary N) is 2. The van der Waals surface area contributed by atoms with Gasteiger partial charge in [0, 0.05) is 25.4 Å². The standard InChI is InChI=1S/C12H7F3N2O.C12H19N3/c13-6-2-1-3-7(14)11(6)12-8(15)4-9(16)10(5-18)17-12;1-14-12-8-15-6-5-11(12)9-3-2-4-10(13)7-9/h1-5H,16H2;5-6,8-10,14H,2-4,7,13H2,1H3. The Balaban J connectivity index is 0.000000189. The Bertz CT molecular complexity index is 1100. The molecule has 33 heavy (non-hydrogen) atoms. The number of hydrogen-bond acceptors (Lipinski definition) is 6. The van der Waals surface area contributed by atoms with Gasteiger partial charge in [-0.3, -0.25) is 9.78 Å². The molecule has 0 radical (unpaired) electrons. The van der Waals surface area contributed by atoms with Crippen LogP contribution in [0.5, 0.6) is 0 Å². The van der Waals surface area contributed by atoms with Crippen molar-refractivity contribution in [2.24, 2.45) is 5.73 Å². The molecule has 0 aliphatic heterocycles. The fraction of sp³-hybridized carbons (Fsp3) is 0.292. The zero-order valence-corrected chi connectivity index (χ0v) is 18.2. The first-order chi connectivity index (χ1) is 15.8. The van der Waals surface area contributed by atoms with Gasteiger partial charge in [0.15, 0.2) is 12.1 Å². The molecule has 9 heteroatoms. The first-order valence-corrected chi connectivity index (χ1v) is 10.6. The van der Waals surface area contributed by atoms with Crippen LogP contribution >= 0.6 is 0 Å². The van der Waals surface area contributed by atoms with E-state index in [1.165, 1.54) is 24.8 Å². The number of carbonyl (C=O) groups excluding carboxylic acids is 1. The molecule has 5 N–H and O–H groups in total. The lowest BCUT2D eigenvalue weighted by molar-refractivity contribution is 0.112. The van der Waals surface area contributed by atoms with Gasteiger partial charge in [0.2, 0.25) is 0 Å². The molecule has 0 bridgehead atoms. The van der Waals surface area contributed by atoms with Gasteiger partial charge < -0.3 is 16.8 Å². The Morgan fingerprint density at radius 1 is 1.12 bits per heavy atom. The molecule has 0 amide bonds. The maximum Gasteiger partial charge on any atom is 0.170 e. The normalized spacial score (nSPS) is 17.6. The molecule has 174 valence electrons. The lowest BCUT2D eigenvalue weighted by Crippen LogP contribution is -2.27. The van der Waals surface area contributed by atoms with Crippen LogP contribution in [0.3, 0.4) is 0 Å². The summed E-state index contributed by atoms with van der Waals surface area (Å²) in [6.45, 7) is 0. The summed E-state index contributed by atoms with van der Waals surface area (Å²) in [7, 11) is 1.95. The lowest BCUT2D eigenvalue weighted by Gasteiger charge is -2.28. The summed E-state index contributed by atoms with van der Waals surface area (Å²) in [5.41, 5.74) is 12.2. The molecule has 1 aliphatic rings. The highest BCUT2D eigenvalue weighted by molar-refractivity contribution is 5.82. The van der Waals surface area contributed by atoms with E-state index in [4.69, 9.17) is 11.5 Å². The van der Waals surface area contributed by atoms with Crippen LogP contribution in [0.4, 0.5) is 24.5 Å². The maximum atomic E-state index is 13.6. The summed E-state index contributed by atoms with van der Waals surface area (Å²) in [5.74, 6) is -2.33. The zero-order chi connectivity index (χ0) is 24.0. The van der Waals surface area contributed by atoms with Crippen molar-refractivity contribution >= 4 is 17.7 Å². The Morgan fingerprint density at radius 2 is 1.85 bits per heavy atom. The van der Waals surface area contributed by atoms with E-state index in [1.54, 1.807) is 0 Å². The topological polar surface area (TPSA) is 107 Å². The number of aromatic nitrogens is 2. The summed E-state index contributed by atoms with van der Waals surface area (Å²) in [6, 6.07) is 6.38. The highest BCUT2D eigenvalue weighted by Gasteiger charge is 2.22. The second kappa shape index (κ2) is 10.9. The number of rotatable bonds is 4. The fourth-order valence-electron chi connectivity index (χ4n) is 3.99. The van der Waals surface area contributed by atoms with Gasteiger partial charge in [-0.2, -0.15) is 0 Å². The minimum absolute atomic E-state index is 0.192. The van der Waals surface area contributed by atoms with E-state index in [-0.39, 0.29) is 17.7 Å². The zero-order valence-electron chi connectivity index (χ0n) is 18.2. The molecule has 1 aliphatic carbocycles. The summed E-state index contributed by atoms with van der Waals surface area (Å²) in [5, 5.41) is 3.20. The number of nitrogen functional groups attached to an aromatic ring is 1. The number of anilines is 2. The number of nitrogens with one attached hydrogen (secondary N) is 1. The Morgan fingerprint density at radius 3 is 2.48 bits per heavy atom. The van der Waals surface area contributed by atoms with Crippen molar-refractivity contribution in [1.29, 1.82) is 0 Å². The van der Waals surface area contributed by atoms with E-state index in [0.29, 0.717) is 12.0 Å². The molecular weight excluding hydrogens is 431 g/mol. The average molecular weight is 458 g/mol. The van der Waals surface area contributed by atoms with Crippen LogP contribution in [-0.4, -0.2) is 29.3 Å². The minimum Gasteiger partial charge on any atom is -0.397 e. The summed E-state index contributed by atoms with van der Waals surface area (Å²) in [4.78, 5) is 18.3. The van der Waals surface area contributed by atoms with E-state index < -0.39 is 28.7 Å². The summed E-state index contributed by atoms with van der Waals surface area (Å²) < 4.78 is 40.6. The van der Waals surface area contributed by atoms with Gasteiger partial charge in [-0.15, -0.1) is 0 Å². The van der Waals surface area contributed by atoms with Gasteiger partial charge in [0.1, 0.15) is 23.0 Å². The summed E-state index contributed by atoms with van der Waals surface area (Å²) >= 11 is 0. The van der Waals surface area contributed by atoms with Crippen LogP contribution < -0.4 is 16.8 Å². The van der Waals surface area contributed by atoms with E-state index in [2.05, 4.69) is 21.4 Å². The van der Waals surface area contributed by atoms with Crippen LogP contribution in [0.15, 0.2) is 42.7 Å². The first kappa shape index (κ1) is 24.2. The smallest absolute Gasteiger partial charge is 0.170 e. The molecule has 1 saturated carbocycles. The number of pyridine rings is 2. The molecule has 4 rings (SSSR count). The molecule has 1 aromatic carbocycles. The molecule has 0 saturated heterocycles. The van der Waals surface area contributed by atoms with Crippen LogP contribution in [0.1, 0.15) is 47.7 Å². The van der Waals surface area contributed by atoms with E-state index in [0.717, 1.165) is 36.4 Å². The molecule has 2 heterocycles. The van der Waals surface area contributed by atoms with Crippen LogP contribution in [0.25, 0.3) is 11.3 Å². The minimum atomic E-state index is -0.998. The van der Waals surface area contributed by atoms with Crippen LogP contribution in [0, 0.1) is 17.5 Å². The predicted molar refractivity (Wildman–Crippen MR) is 122 cm³/mol. The molecule has 1 fully saturated rings. The molecular formula is C24H26F3N5O. The second-order valence-corrected chi connectivity index (χ2v) is 7.84. The fourth-order valence-corrected chi connectivity index (χ4v) is 3.99. The number of aldehydes is 1. The molecule has 2 unspecified atom stereocenters. The number of nitrogens with zero attached hydrogens (tertiary/aromatic N) is 2. The van der Waals surface area contributed by atoms with Crippen LogP contribution in [-0.2, 0) is 0 Å². The van der Waals surface area contributed by atoms with E-state index in [1.807, 2.05) is 19.4 Å². The number of halogens is 3. The Kier molecular flexibility index (Phi) is 8.00. The Labute approximate surface area is 190 Å². The van der Waals surface area contributed by atoms with Crippen molar-refractivity contribution in [3.8, 4) is 11.3 Å². The van der Waals surface area contributed by atoms with Crippen molar-refractivity contribution in [2.75, 3.05) is 18.1 Å². The van der Waals surface area contributed by atoms with Crippen molar-refractivity contribution < 1.29 is 18.0 Å². The third kappa shape index (κ3) is 5.67. The molecule has 6 nitrogen and oxygen atoms in total. The monoisotopic (exact) mass is 457 g/mol. The maximum absolute atomic E-state index is 13.6. The molecule has 3 aromatic rings. The van der Waals surface area contributed by atoms with Gasteiger partial charge in [-0.05, 0) is 48.9 Å². The van der Waals surface area contributed by atoms with Crippen molar-refractivity contribution in [1.82, 2.24) is 9.97 Å². The van der Waals surface area contributed by atoms with E-state index in [9.17, 15) is 18.0 Å². The number of hydrogen-bond donors (Lipinski definition) is 3.